The predicted octanol–water partition coefficient (Wildman–Crippen LogP) is 2.39. The van der Waals surface area contributed by atoms with Gasteiger partial charge in [-0.2, -0.15) is 0 Å². The van der Waals surface area contributed by atoms with E-state index < -0.39 is 0 Å². The third-order valence-corrected chi connectivity index (χ3v) is 3.70. The Labute approximate surface area is 125 Å². The summed E-state index contributed by atoms with van der Waals surface area (Å²) >= 11 is 0. The maximum absolute atomic E-state index is 12.0. The quantitative estimate of drug-likeness (QED) is 0.836. The Kier molecular flexibility index (Phi) is 5.60. The number of carbonyl (C=O) groups excluding carboxylic acids is 2. The van der Waals surface area contributed by atoms with Crippen molar-refractivity contribution in [3.63, 3.8) is 0 Å². The molecule has 1 heterocycles. The molecule has 0 aromatic heterocycles. The van der Waals surface area contributed by atoms with E-state index in [2.05, 4.69) is 5.32 Å². The molecule has 5 heteroatoms. The van der Waals surface area contributed by atoms with Crippen LogP contribution < -0.4 is 11.1 Å². The summed E-state index contributed by atoms with van der Waals surface area (Å²) in [6, 6.07) is 7.09. The van der Waals surface area contributed by atoms with E-state index >= 15 is 0 Å². The summed E-state index contributed by atoms with van der Waals surface area (Å²) in [7, 11) is 0. The Morgan fingerprint density at radius 2 is 2.05 bits per heavy atom. The minimum Gasteiger partial charge on any atom is -0.399 e. The van der Waals surface area contributed by atoms with Crippen molar-refractivity contribution in [2.24, 2.45) is 0 Å². The van der Waals surface area contributed by atoms with Crippen molar-refractivity contribution >= 4 is 23.2 Å². The van der Waals surface area contributed by atoms with Crippen LogP contribution in [0.3, 0.4) is 0 Å². The lowest BCUT2D eigenvalue weighted by atomic mass is 10.1. The maximum Gasteiger partial charge on any atom is 0.226 e. The van der Waals surface area contributed by atoms with Gasteiger partial charge in [0.15, 0.2) is 0 Å². The van der Waals surface area contributed by atoms with E-state index in [-0.39, 0.29) is 11.8 Å². The van der Waals surface area contributed by atoms with Gasteiger partial charge >= 0.3 is 0 Å². The average Bonchev–Trinajstić information content (AvgIpc) is 2.42. The van der Waals surface area contributed by atoms with Crippen LogP contribution in [0.2, 0.25) is 0 Å². The van der Waals surface area contributed by atoms with Gasteiger partial charge < -0.3 is 16.0 Å². The number of hydrogen-bond acceptors (Lipinski definition) is 3. The Morgan fingerprint density at radius 1 is 1.24 bits per heavy atom. The predicted molar refractivity (Wildman–Crippen MR) is 83.8 cm³/mol. The third kappa shape index (κ3) is 5.10. The van der Waals surface area contributed by atoms with Gasteiger partial charge in [0.1, 0.15) is 0 Å². The highest BCUT2D eigenvalue weighted by molar-refractivity contribution is 5.91. The summed E-state index contributed by atoms with van der Waals surface area (Å²) in [6.45, 7) is 1.26. The molecule has 114 valence electrons. The first-order chi connectivity index (χ1) is 10.1. The van der Waals surface area contributed by atoms with E-state index in [0.717, 1.165) is 25.8 Å². The third-order valence-electron chi connectivity index (χ3n) is 3.70. The molecule has 0 aliphatic carbocycles. The van der Waals surface area contributed by atoms with E-state index in [9.17, 15) is 9.59 Å². The second-order valence-electron chi connectivity index (χ2n) is 5.47. The van der Waals surface area contributed by atoms with Gasteiger partial charge in [0.25, 0.3) is 0 Å². The van der Waals surface area contributed by atoms with E-state index in [1.54, 1.807) is 24.3 Å². The maximum atomic E-state index is 12.0. The van der Waals surface area contributed by atoms with Gasteiger partial charge in [-0.05, 0) is 31.0 Å². The van der Waals surface area contributed by atoms with Crippen molar-refractivity contribution in [3.8, 4) is 0 Å². The Morgan fingerprint density at radius 3 is 2.86 bits per heavy atom. The first-order valence-corrected chi connectivity index (χ1v) is 7.58. The first kappa shape index (κ1) is 15.4. The van der Waals surface area contributed by atoms with Gasteiger partial charge in [-0.15, -0.1) is 0 Å². The molecule has 2 rings (SSSR count). The number of amides is 2. The van der Waals surface area contributed by atoms with Crippen LogP contribution in [-0.2, 0) is 9.59 Å². The molecule has 1 aliphatic heterocycles. The number of nitrogen functional groups attached to an aromatic ring is 1. The molecule has 0 bridgehead atoms. The molecule has 0 spiro atoms. The molecular formula is C16H23N3O2. The van der Waals surface area contributed by atoms with Crippen LogP contribution >= 0.6 is 0 Å². The normalized spacial score (nSPS) is 16.2. The number of carbonyl (C=O) groups is 2. The summed E-state index contributed by atoms with van der Waals surface area (Å²) in [6.07, 6.45) is 5.22. The topological polar surface area (TPSA) is 75.4 Å². The number of nitrogens with one attached hydrogen (secondary N) is 1. The molecular weight excluding hydrogens is 266 g/mol. The van der Waals surface area contributed by atoms with Crippen molar-refractivity contribution in [2.75, 3.05) is 24.1 Å². The highest BCUT2D eigenvalue weighted by Crippen LogP contribution is 2.14. The molecule has 21 heavy (non-hydrogen) atoms. The molecule has 0 radical (unpaired) electrons. The standard InChI is InChI=1S/C16H23N3O2/c17-13-6-5-7-14(12-13)18-15(20)9-11-19-10-4-2-1-3-8-16(19)21/h5-7,12H,1-4,8-11,17H2,(H,18,20). The van der Waals surface area contributed by atoms with Gasteiger partial charge in [-0.3, -0.25) is 9.59 Å². The number of nitrogens with two attached hydrogens (primary N) is 1. The number of anilines is 2. The largest absolute Gasteiger partial charge is 0.399 e. The van der Waals surface area contributed by atoms with Gasteiger partial charge in [-0.1, -0.05) is 18.9 Å². The van der Waals surface area contributed by atoms with Crippen molar-refractivity contribution in [3.05, 3.63) is 24.3 Å². The minimum absolute atomic E-state index is 0.0875. The number of likely N-dealkylation sites (tertiary alicyclic amines) is 1. The second kappa shape index (κ2) is 7.67. The Bertz CT molecular complexity index is 502. The van der Waals surface area contributed by atoms with Crippen LogP contribution in [0.5, 0.6) is 0 Å². The summed E-state index contributed by atoms with van der Waals surface area (Å²) in [5.74, 6) is 0.0851. The van der Waals surface area contributed by atoms with E-state index in [1.165, 1.54) is 6.42 Å². The van der Waals surface area contributed by atoms with Crippen molar-refractivity contribution in [1.29, 1.82) is 0 Å². The first-order valence-electron chi connectivity index (χ1n) is 7.58. The van der Waals surface area contributed by atoms with Crippen LogP contribution in [0.15, 0.2) is 24.3 Å². The summed E-state index contributed by atoms with van der Waals surface area (Å²) in [5.41, 5.74) is 6.98. The van der Waals surface area contributed by atoms with Crippen molar-refractivity contribution in [1.82, 2.24) is 4.90 Å². The van der Waals surface area contributed by atoms with Crippen LogP contribution in [0.4, 0.5) is 11.4 Å². The molecule has 1 aromatic carbocycles. The van der Waals surface area contributed by atoms with Gasteiger partial charge in [-0.25, -0.2) is 0 Å². The van der Waals surface area contributed by atoms with Crippen LogP contribution in [0.25, 0.3) is 0 Å². The minimum atomic E-state index is -0.0875. The molecule has 0 unspecified atom stereocenters. The van der Waals surface area contributed by atoms with Crippen LogP contribution in [0.1, 0.15) is 38.5 Å². The molecule has 5 nitrogen and oxygen atoms in total. The fourth-order valence-corrected chi connectivity index (χ4v) is 2.53. The average molecular weight is 289 g/mol. The summed E-state index contributed by atoms with van der Waals surface area (Å²) in [4.78, 5) is 25.7. The van der Waals surface area contributed by atoms with E-state index in [0.29, 0.717) is 30.8 Å². The zero-order valence-corrected chi connectivity index (χ0v) is 12.3. The smallest absolute Gasteiger partial charge is 0.226 e. The molecule has 0 atom stereocenters. The van der Waals surface area contributed by atoms with Gasteiger partial charge in [0.05, 0.1) is 0 Å². The number of rotatable bonds is 4. The highest BCUT2D eigenvalue weighted by Gasteiger charge is 2.16. The molecule has 1 saturated heterocycles. The molecule has 1 aliphatic rings. The van der Waals surface area contributed by atoms with E-state index in [4.69, 9.17) is 5.73 Å². The second-order valence-corrected chi connectivity index (χ2v) is 5.47. The Balaban J connectivity index is 1.81. The lowest BCUT2D eigenvalue weighted by molar-refractivity contribution is -0.132. The molecule has 3 N–H and O–H groups in total. The summed E-state index contributed by atoms with van der Waals surface area (Å²) in [5, 5.41) is 2.81. The van der Waals surface area contributed by atoms with Crippen molar-refractivity contribution in [2.45, 2.75) is 38.5 Å². The van der Waals surface area contributed by atoms with E-state index in [1.807, 2.05) is 4.90 Å². The lowest BCUT2D eigenvalue weighted by Gasteiger charge is -2.24. The van der Waals surface area contributed by atoms with Crippen LogP contribution in [-0.4, -0.2) is 29.8 Å². The fourth-order valence-electron chi connectivity index (χ4n) is 2.53. The molecule has 1 fully saturated rings. The summed E-state index contributed by atoms with van der Waals surface area (Å²) < 4.78 is 0. The highest BCUT2D eigenvalue weighted by atomic mass is 16.2. The zero-order valence-electron chi connectivity index (χ0n) is 12.3. The lowest BCUT2D eigenvalue weighted by Crippen LogP contribution is -2.35. The zero-order chi connectivity index (χ0) is 15.1. The number of nitrogens with zero attached hydrogens (tertiary/aromatic N) is 1. The Hall–Kier alpha value is -2.04. The number of benzene rings is 1. The molecule has 2 amide bonds. The SMILES string of the molecule is Nc1cccc(NC(=O)CCN2CCCCCCC2=O)c1. The van der Waals surface area contributed by atoms with Gasteiger partial charge in [0, 0.05) is 37.3 Å². The molecule has 1 aromatic rings. The molecule has 0 saturated carbocycles. The van der Waals surface area contributed by atoms with Crippen LogP contribution in [0, 0.1) is 0 Å². The monoisotopic (exact) mass is 289 g/mol. The fraction of sp³-hybridized carbons (Fsp3) is 0.500. The van der Waals surface area contributed by atoms with Gasteiger partial charge in [0.2, 0.25) is 11.8 Å². The van der Waals surface area contributed by atoms with Crippen molar-refractivity contribution < 1.29 is 9.59 Å². The number of hydrogen-bond donors (Lipinski definition) is 2.